The van der Waals surface area contributed by atoms with Gasteiger partial charge in [-0.25, -0.2) is 4.79 Å². The number of primary amides is 1. The molecule has 1 aromatic carbocycles. The van der Waals surface area contributed by atoms with Crippen molar-refractivity contribution >= 4 is 28.8 Å². The Hall–Kier alpha value is -3.03. The van der Waals surface area contributed by atoms with Crippen LogP contribution in [0.15, 0.2) is 28.7 Å². The predicted molar refractivity (Wildman–Crippen MR) is 87.9 cm³/mol. The fraction of sp³-hybridized carbons (Fsp3) is 0.312. The van der Waals surface area contributed by atoms with Crippen LogP contribution in [0.3, 0.4) is 0 Å². The van der Waals surface area contributed by atoms with Gasteiger partial charge in [0.05, 0.1) is 0 Å². The Morgan fingerprint density at radius 3 is 2.38 bits per heavy atom. The van der Waals surface area contributed by atoms with E-state index in [1.807, 2.05) is 12.1 Å². The summed E-state index contributed by atoms with van der Waals surface area (Å²) in [5, 5.41) is 3.15. The lowest BCUT2D eigenvalue weighted by molar-refractivity contribution is -0.124. The highest BCUT2D eigenvalue weighted by atomic mass is 16.3. The number of amides is 4. The van der Waals surface area contributed by atoms with Gasteiger partial charge in [0.15, 0.2) is 5.76 Å². The number of para-hydroxylation sites is 1. The van der Waals surface area contributed by atoms with Gasteiger partial charge in [-0.2, -0.15) is 0 Å². The molecule has 0 aliphatic heterocycles. The number of rotatable bonds is 4. The lowest BCUT2D eigenvalue weighted by atomic mass is 10.0. The Bertz CT molecular complexity index is 781. The lowest BCUT2D eigenvalue weighted by Gasteiger charge is -2.20. The minimum absolute atomic E-state index is 0.112. The number of fused-ring (bicyclic) bond motifs is 1. The molecule has 0 aliphatic rings. The largest absolute Gasteiger partial charge is 0.451 e. The fourth-order valence-corrected chi connectivity index (χ4v) is 2.33. The first-order chi connectivity index (χ1) is 11.3. The van der Waals surface area contributed by atoms with E-state index in [4.69, 9.17) is 10.2 Å². The molecule has 1 heterocycles. The topological polar surface area (TPSA) is 126 Å². The smallest absolute Gasteiger partial charge is 0.312 e. The minimum atomic E-state index is -0.862. The molecule has 0 aliphatic carbocycles. The standard InChI is InChI=1S/C16H20N4O4/c1-8(2)12(18-16(17)23)14(21)19-20-15(22)13-9(3)10-6-4-5-7-11(10)24-13/h4-8,12H,1-3H3,(H,19,21)(H,20,22)(H3,17,18,23). The van der Waals surface area contributed by atoms with Crippen LogP contribution in [0.4, 0.5) is 4.79 Å². The number of carbonyl (C=O) groups excluding carboxylic acids is 3. The van der Waals surface area contributed by atoms with E-state index in [9.17, 15) is 14.4 Å². The first-order valence-electron chi connectivity index (χ1n) is 7.45. The summed E-state index contributed by atoms with van der Waals surface area (Å²) in [6.07, 6.45) is 0. The van der Waals surface area contributed by atoms with Crippen molar-refractivity contribution in [2.45, 2.75) is 26.8 Å². The number of urea groups is 1. The van der Waals surface area contributed by atoms with E-state index >= 15 is 0 Å². The van der Waals surface area contributed by atoms with Crippen LogP contribution in [-0.2, 0) is 4.79 Å². The SMILES string of the molecule is Cc1c(C(=O)NNC(=O)C(NC(N)=O)C(C)C)oc2ccccc12. The maximum absolute atomic E-state index is 12.2. The molecule has 0 saturated carbocycles. The van der Waals surface area contributed by atoms with Crippen LogP contribution >= 0.6 is 0 Å². The highest BCUT2D eigenvalue weighted by molar-refractivity contribution is 6.00. The minimum Gasteiger partial charge on any atom is -0.451 e. The van der Waals surface area contributed by atoms with Gasteiger partial charge in [-0.3, -0.25) is 20.4 Å². The molecule has 24 heavy (non-hydrogen) atoms. The monoisotopic (exact) mass is 332 g/mol. The lowest BCUT2D eigenvalue weighted by Crippen LogP contribution is -2.55. The van der Waals surface area contributed by atoms with E-state index in [2.05, 4.69) is 16.2 Å². The molecule has 4 amide bonds. The summed E-state index contributed by atoms with van der Waals surface area (Å²) >= 11 is 0. The Morgan fingerprint density at radius 1 is 1.12 bits per heavy atom. The Balaban J connectivity index is 2.07. The van der Waals surface area contributed by atoms with Gasteiger partial charge in [0.25, 0.3) is 5.91 Å². The van der Waals surface area contributed by atoms with Crippen molar-refractivity contribution in [3.05, 3.63) is 35.6 Å². The number of aryl methyl sites for hydroxylation is 1. The molecule has 0 spiro atoms. The normalized spacial score (nSPS) is 12.0. The van der Waals surface area contributed by atoms with Gasteiger partial charge < -0.3 is 15.5 Å². The molecular formula is C16H20N4O4. The molecule has 8 heteroatoms. The molecule has 0 radical (unpaired) electrons. The molecule has 1 aromatic heterocycles. The first kappa shape index (κ1) is 17.3. The van der Waals surface area contributed by atoms with Crippen molar-refractivity contribution in [3.63, 3.8) is 0 Å². The van der Waals surface area contributed by atoms with E-state index in [0.29, 0.717) is 11.1 Å². The third-order valence-electron chi connectivity index (χ3n) is 3.60. The number of nitrogens with one attached hydrogen (secondary N) is 3. The van der Waals surface area contributed by atoms with Gasteiger partial charge in [0, 0.05) is 10.9 Å². The van der Waals surface area contributed by atoms with Gasteiger partial charge in [-0.05, 0) is 18.9 Å². The highest BCUT2D eigenvalue weighted by Crippen LogP contribution is 2.24. The molecule has 8 nitrogen and oxygen atoms in total. The van der Waals surface area contributed by atoms with Gasteiger partial charge in [0.1, 0.15) is 11.6 Å². The predicted octanol–water partition coefficient (Wildman–Crippen LogP) is 1.20. The van der Waals surface area contributed by atoms with Gasteiger partial charge in [0.2, 0.25) is 0 Å². The number of furan rings is 1. The van der Waals surface area contributed by atoms with Crippen molar-refractivity contribution in [2.24, 2.45) is 11.7 Å². The number of hydrogen-bond acceptors (Lipinski definition) is 4. The summed E-state index contributed by atoms with van der Waals surface area (Å²) < 4.78 is 5.51. The zero-order valence-electron chi connectivity index (χ0n) is 13.7. The second-order valence-corrected chi connectivity index (χ2v) is 5.73. The summed E-state index contributed by atoms with van der Waals surface area (Å²) in [7, 11) is 0. The molecule has 0 bridgehead atoms. The summed E-state index contributed by atoms with van der Waals surface area (Å²) in [5.74, 6) is -1.26. The van der Waals surface area contributed by atoms with Crippen molar-refractivity contribution in [3.8, 4) is 0 Å². The number of carbonyl (C=O) groups is 3. The van der Waals surface area contributed by atoms with Gasteiger partial charge in [-0.1, -0.05) is 32.0 Å². The van der Waals surface area contributed by atoms with Crippen LogP contribution in [0.25, 0.3) is 11.0 Å². The van der Waals surface area contributed by atoms with E-state index in [1.54, 1.807) is 32.9 Å². The zero-order chi connectivity index (χ0) is 17.9. The van der Waals surface area contributed by atoms with Crippen LogP contribution in [0.1, 0.15) is 30.0 Å². The van der Waals surface area contributed by atoms with Gasteiger partial charge in [-0.15, -0.1) is 0 Å². The summed E-state index contributed by atoms with van der Waals surface area (Å²) in [6.45, 7) is 5.24. The maximum Gasteiger partial charge on any atom is 0.312 e. The second-order valence-electron chi connectivity index (χ2n) is 5.73. The third-order valence-corrected chi connectivity index (χ3v) is 3.60. The van der Waals surface area contributed by atoms with Crippen molar-refractivity contribution < 1.29 is 18.8 Å². The van der Waals surface area contributed by atoms with E-state index in [1.165, 1.54) is 0 Å². The fourth-order valence-electron chi connectivity index (χ4n) is 2.33. The molecule has 2 aromatic rings. The average Bonchev–Trinajstić information content (AvgIpc) is 2.87. The van der Waals surface area contributed by atoms with Crippen LogP contribution in [-0.4, -0.2) is 23.9 Å². The number of nitrogens with two attached hydrogens (primary N) is 1. The highest BCUT2D eigenvalue weighted by Gasteiger charge is 2.24. The number of benzene rings is 1. The summed E-state index contributed by atoms with van der Waals surface area (Å²) in [4.78, 5) is 35.3. The molecule has 0 fully saturated rings. The molecule has 0 saturated heterocycles. The zero-order valence-corrected chi connectivity index (χ0v) is 13.7. The van der Waals surface area contributed by atoms with Crippen LogP contribution in [0, 0.1) is 12.8 Å². The van der Waals surface area contributed by atoms with E-state index in [-0.39, 0.29) is 11.7 Å². The molecule has 5 N–H and O–H groups in total. The Kier molecular flexibility index (Phi) is 5.08. The number of hydrogen-bond donors (Lipinski definition) is 4. The quantitative estimate of drug-likeness (QED) is 0.627. The van der Waals surface area contributed by atoms with Crippen molar-refractivity contribution in [1.29, 1.82) is 0 Å². The van der Waals surface area contributed by atoms with E-state index < -0.39 is 23.9 Å². The average molecular weight is 332 g/mol. The molecular weight excluding hydrogens is 312 g/mol. The van der Waals surface area contributed by atoms with Crippen LogP contribution < -0.4 is 21.9 Å². The van der Waals surface area contributed by atoms with Crippen LogP contribution in [0.5, 0.6) is 0 Å². The first-order valence-corrected chi connectivity index (χ1v) is 7.45. The Labute approximate surface area is 138 Å². The summed E-state index contributed by atoms with van der Waals surface area (Å²) in [6, 6.07) is 5.57. The third kappa shape index (κ3) is 3.65. The van der Waals surface area contributed by atoms with E-state index in [0.717, 1.165) is 5.39 Å². The van der Waals surface area contributed by atoms with Crippen LogP contribution in [0.2, 0.25) is 0 Å². The molecule has 2 rings (SSSR count). The summed E-state index contributed by atoms with van der Waals surface area (Å²) in [5.41, 5.74) is 10.9. The Morgan fingerprint density at radius 2 is 1.79 bits per heavy atom. The van der Waals surface area contributed by atoms with Crippen molar-refractivity contribution in [2.75, 3.05) is 0 Å². The molecule has 1 unspecified atom stereocenters. The number of hydrazine groups is 1. The molecule has 1 atom stereocenters. The molecule has 128 valence electrons. The van der Waals surface area contributed by atoms with Crippen molar-refractivity contribution in [1.82, 2.24) is 16.2 Å². The second kappa shape index (κ2) is 7.03. The van der Waals surface area contributed by atoms with Gasteiger partial charge >= 0.3 is 11.9 Å². The maximum atomic E-state index is 12.2.